The van der Waals surface area contributed by atoms with Crippen molar-refractivity contribution in [3.05, 3.63) is 63.6 Å². The molecule has 1 aliphatic heterocycles. The molecule has 1 aliphatic rings. The van der Waals surface area contributed by atoms with E-state index < -0.39 is 0 Å². The van der Waals surface area contributed by atoms with Gasteiger partial charge in [0.15, 0.2) is 0 Å². The molecule has 5 nitrogen and oxygen atoms in total. The van der Waals surface area contributed by atoms with Crippen molar-refractivity contribution in [1.82, 2.24) is 9.47 Å². The second kappa shape index (κ2) is 7.13. The van der Waals surface area contributed by atoms with Gasteiger partial charge < -0.3 is 14.2 Å². The number of piperidine rings is 1. The Hall–Kier alpha value is -2.56. The molecule has 0 saturated carbocycles. The van der Waals surface area contributed by atoms with Crippen molar-refractivity contribution in [2.75, 3.05) is 13.1 Å². The smallest absolute Gasteiger partial charge is 0.254 e. The lowest BCUT2D eigenvalue weighted by Gasteiger charge is -2.32. The van der Waals surface area contributed by atoms with Gasteiger partial charge in [-0.1, -0.05) is 17.7 Å². The minimum absolute atomic E-state index is 0.0352. The molecular weight excluding hydrogens is 316 g/mol. The van der Waals surface area contributed by atoms with E-state index >= 15 is 0 Å². The lowest BCUT2D eigenvalue weighted by Crippen LogP contribution is -2.41. The Balaban J connectivity index is 1.60. The van der Waals surface area contributed by atoms with Crippen molar-refractivity contribution in [1.29, 1.82) is 0 Å². The van der Waals surface area contributed by atoms with Crippen LogP contribution in [-0.2, 0) is 7.05 Å². The third kappa shape index (κ3) is 3.92. The Morgan fingerprint density at radius 3 is 2.48 bits per heavy atom. The van der Waals surface area contributed by atoms with Crippen LogP contribution in [0.15, 0.2) is 41.2 Å². The first-order valence-electron chi connectivity index (χ1n) is 8.64. The Kier molecular flexibility index (Phi) is 4.93. The van der Waals surface area contributed by atoms with Crippen molar-refractivity contribution in [2.24, 2.45) is 7.05 Å². The van der Waals surface area contributed by atoms with Crippen molar-refractivity contribution in [3.8, 4) is 5.75 Å². The number of ether oxygens (including phenoxy) is 1. The second-order valence-corrected chi connectivity index (χ2v) is 6.71. The quantitative estimate of drug-likeness (QED) is 0.863. The summed E-state index contributed by atoms with van der Waals surface area (Å²) in [5.74, 6) is 0.690. The first-order valence-corrected chi connectivity index (χ1v) is 8.64. The van der Waals surface area contributed by atoms with E-state index in [0.717, 1.165) is 29.7 Å². The Morgan fingerprint density at radius 1 is 1.12 bits per heavy atom. The molecule has 1 saturated heterocycles. The number of pyridine rings is 1. The first-order chi connectivity index (χ1) is 11.9. The molecule has 0 unspecified atom stereocenters. The van der Waals surface area contributed by atoms with Crippen LogP contribution >= 0.6 is 0 Å². The number of hydrogen-bond donors (Lipinski definition) is 0. The summed E-state index contributed by atoms with van der Waals surface area (Å²) in [6.45, 7) is 5.21. The first kappa shape index (κ1) is 17.3. The highest BCUT2D eigenvalue weighted by Gasteiger charge is 2.25. The molecule has 5 heteroatoms. The lowest BCUT2D eigenvalue weighted by atomic mass is 10.1. The van der Waals surface area contributed by atoms with Crippen LogP contribution in [0, 0.1) is 13.8 Å². The van der Waals surface area contributed by atoms with Crippen LogP contribution in [0.25, 0.3) is 0 Å². The zero-order valence-electron chi connectivity index (χ0n) is 15.0. The predicted octanol–water partition coefficient (Wildman–Crippen LogP) is 2.69. The van der Waals surface area contributed by atoms with E-state index in [1.807, 2.05) is 49.1 Å². The van der Waals surface area contributed by atoms with Gasteiger partial charge in [-0.05, 0) is 32.0 Å². The number of carbonyl (C=O) groups is 1. The normalized spacial score (nSPS) is 15.2. The van der Waals surface area contributed by atoms with Crippen molar-refractivity contribution in [2.45, 2.75) is 32.8 Å². The largest absolute Gasteiger partial charge is 0.490 e. The highest BCUT2D eigenvalue weighted by molar-refractivity contribution is 5.94. The Bertz CT molecular complexity index is 833. The maximum atomic E-state index is 12.6. The molecule has 1 aromatic heterocycles. The summed E-state index contributed by atoms with van der Waals surface area (Å²) in [7, 11) is 1.75. The number of amides is 1. The minimum atomic E-state index is -0.0675. The van der Waals surface area contributed by atoms with Gasteiger partial charge in [0.25, 0.3) is 11.5 Å². The molecule has 132 valence electrons. The molecule has 2 aromatic rings. The van der Waals surface area contributed by atoms with Crippen molar-refractivity contribution < 1.29 is 9.53 Å². The molecule has 1 fully saturated rings. The number of carbonyl (C=O) groups excluding carboxylic acids is 1. The van der Waals surface area contributed by atoms with Gasteiger partial charge in [0, 0.05) is 50.3 Å². The molecule has 0 atom stereocenters. The van der Waals surface area contributed by atoms with Crippen LogP contribution in [0.4, 0.5) is 0 Å². The average molecular weight is 340 g/mol. The van der Waals surface area contributed by atoms with Gasteiger partial charge in [0.1, 0.15) is 11.9 Å². The van der Waals surface area contributed by atoms with Gasteiger partial charge in [-0.15, -0.1) is 0 Å². The highest BCUT2D eigenvalue weighted by atomic mass is 16.5. The molecule has 3 rings (SSSR count). The molecule has 1 aromatic carbocycles. The van der Waals surface area contributed by atoms with Gasteiger partial charge in [-0.25, -0.2) is 0 Å². The molecular formula is C20H24N2O3. The van der Waals surface area contributed by atoms with E-state index in [0.29, 0.717) is 18.8 Å². The van der Waals surface area contributed by atoms with E-state index in [-0.39, 0.29) is 17.6 Å². The zero-order chi connectivity index (χ0) is 18.0. The third-order valence-corrected chi connectivity index (χ3v) is 4.77. The topological polar surface area (TPSA) is 51.5 Å². The van der Waals surface area contributed by atoms with E-state index in [2.05, 4.69) is 0 Å². The third-order valence-electron chi connectivity index (χ3n) is 4.77. The van der Waals surface area contributed by atoms with Gasteiger partial charge >= 0.3 is 0 Å². The van der Waals surface area contributed by atoms with Gasteiger partial charge in [-0.3, -0.25) is 9.59 Å². The molecule has 25 heavy (non-hydrogen) atoms. The monoisotopic (exact) mass is 340 g/mol. The van der Waals surface area contributed by atoms with E-state index in [1.165, 1.54) is 6.07 Å². The zero-order valence-corrected chi connectivity index (χ0v) is 15.0. The second-order valence-electron chi connectivity index (χ2n) is 6.71. The summed E-state index contributed by atoms with van der Waals surface area (Å²) in [6.07, 6.45) is 1.57. The number of benzene rings is 1. The summed E-state index contributed by atoms with van der Waals surface area (Å²) < 4.78 is 7.57. The van der Waals surface area contributed by atoms with E-state index in [1.54, 1.807) is 11.6 Å². The van der Waals surface area contributed by atoms with E-state index in [9.17, 15) is 9.59 Å². The van der Waals surface area contributed by atoms with Crippen molar-refractivity contribution in [3.63, 3.8) is 0 Å². The number of likely N-dealkylation sites (tertiary alicyclic amines) is 1. The fourth-order valence-electron chi connectivity index (χ4n) is 3.13. The standard InChI is InChI=1S/C20H24N2O3/c1-14-5-4-6-16(11-14)20(24)22-9-7-17(8-10-22)25-18-12-15(2)21(3)19(23)13-18/h4-6,11-13,17H,7-10H2,1-3H3. The number of rotatable bonds is 3. The van der Waals surface area contributed by atoms with Crippen LogP contribution in [0.3, 0.4) is 0 Å². The SMILES string of the molecule is Cc1cccc(C(=O)N2CCC(Oc3cc(C)n(C)c(=O)c3)CC2)c1. The molecule has 0 aliphatic carbocycles. The average Bonchev–Trinajstić information content (AvgIpc) is 2.59. The number of hydrogen-bond acceptors (Lipinski definition) is 3. The summed E-state index contributed by atoms with van der Waals surface area (Å²) in [6, 6.07) is 11.1. The molecule has 0 radical (unpaired) electrons. The maximum Gasteiger partial charge on any atom is 0.254 e. The minimum Gasteiger partial charge on any atom is -0.490 e. The Labute approximate surface area is 147 Å². The predicted molar refractivity (Wildman–Crippen MR) is 97.2 cm³/mol. The molecule has 1 amide bonds. The van der Waals surface area contributed by atoms with Crippen LogP contribution in [0.2, 0.25) is 0 Å². The molecule has 2 heterocycles. The van der Waals surface area contributed by atoms with Crippen LogP contribution in [0.1, 0.15) is 34.5 Å². The number of nitrogens with zero attached hydrogens (tertiary/aromatic N) is 2. The fraction of sp³-hybridized carbons (Fsp3) is 0.400. The maximum absolute atomic E-state index is 12.6. The summed E-state index contributed by atoms with van der Waals surface area (Å²) >= 11 is 0. The molecule has 0 bridgehead atoms. The lowest BCUT2D eigenvalue weighted by molar-refractivity contribution is 0.0595. The van der Waals surface area contributed by atoms with Gasteiger partial charge in [0.2, 0.25) is 0 Å². The summed E-state index contributed by atoms with van der Waals surface area (Å²) in [4.78, 5) is 26.3. The van der Waals surface area contributed by atoms with Crippen LogP contribution in [-0.4, -0.2) is 34.6 Å². The highest BCUT2D eigenvalue weighted by Crippen LogP contribution is 2.20. The van der Waals surface area contributed by atoms with Crippen LogP contribution in [0.5, 0.6) is 5.75 Å². The Morgan fingerprint density at radius 2 is 1.84 bits per heavy atom. The van der Waals surface area contributed by atoms with Gasteiger partial charge in [0.05, 0.1) is 0 Å². The van der Waals surface area contributed by atoms with Crippen LogP contribution < -0.4 is 10.3 Å². The molecule has 0 spiro atoms. The molecule has 0 N–H and O–H groups in total. The fourth-order valence-corrected chi connectivity index (χ4v) is 3.13. The summed E-state index contributed by atoms with van der Waals surface area (Å²) in [5.41, 5.74) is 2.63. The van der Waals surface area contributed by atoms with Gasteiger partial charge in [-0.2, -0.15) is 0 Å². The van der Waals surface area contributed by atoms with E-state index in [4.69, 9.17) is 4.74 Å². The number of aromatic nitrogens is 1. The van der Waals surface area contributed by atoms with Crippen molar-refractivity contribution >= 4 is 5.91 Å². The summed E-state index contributed by atoms with van der Waals surface area (Å²) in [5, 5.41) is 0. The number of aryl methyl sites for hydroxylation is 2.